The predicted molar refractivity (Wildman–Crippen MR) is 83.6 cm³/mol. The van der Waals surface area contributed by atoms with Gasteiger partial charge in [0.25, 0.3) is 0 Å². The largest absolute Gasteiger partial charge is 0.341 e. The van der Waals surface area contributed by atoms with Gasteiger partial charge in [-0.2, -0.15) is 0 Å². The van der Waals surface area contributed by atoms with Gasteiger partial charge in [-0.1, -0.05) is 18.2 Å². The van der Waals surface area contributed by atoms with Crippen molar-refractivity contribution in [3.05, 3.63) is 29.8 Å². The molecule has 4 rings (SSSR count). The van der Waals surface area contributed by atoms with E-state index in [0.29, 0.717) is 17.7 Å². The molecule has 0 bridgehead atoms. The number of benzene rings is 1. The first kappa shape index (κ1) is 14.2. The molecule has 1 amide bonds. The molecule has 5 heteroatoms. The smallest absolute Gasteiger partial charge is 0.231 e. The summed E-state index contributed by atoms with van der Waals surface area (Å²) in [7, 11) is 0. The molecule has 0 spiro atoms. The fraction of sp³-hybridized carbons (Fsp3) is 0.533. The van der Waals surface area contributed by atoms with Gasteiger partial charge in [-0.15, -0.1) is 24.2 Å². The summed E-state index contributed by atoms with van der Waals surface area (Å²) in [5, 5.41) is 3.43. The molecular weight excluding hydrogens is 292 g/mol. The molecule has 3 heterocycles. The zero-order chi connectivity index (χ0) is 12.8. The third kappa shape index (κ3) is 2.24. The van der Waals surface area contributed by atoms with Crippen molar-refractivity contribution >= 4 is 30.1 Å². The average Bonchev–Trinajstić information content (AvgIpc) is 3.11. The number of halogens is 1. The standard InChI is InChI=1S/C15H18N2OS.ClH/c18-15(17-7-10-5-16-6-11(10)8-17)13-9-19-14-4-2-1-3-12(13)14;/h1-4,10-11,13,16H,5-9H2;1H/t10-,11+,13?;. The summed E-state index contributed by atoms with van der Waals surface area (Å²) >= 11 is 1.82. The minimum Gasteiger partial charge on any atom is -0.341 e. The van der Waals surface area contributed by atoms with Gasteiger partial charge in [0.15, 0.2) is 0 Å². The van der Waals surface area contributed by atoms with Crippen LogP contribution >= 0.6 is 24.2 Å². The first-order valence-corrected chi connectivity index (χ1v) is 8.02. The van der Waals surface area contributed by atoms with Crippen LogP contribution in [0.2, 0.25) is 0 Å². The fourth-order valence-corrected chi connectivity index (χ4v) is 4.84. The first-order chi connectivity index (χ1) is 9.33. The van der Waals surface area contributed by atoms with Gasteiger partial charge in [-0.3, -0.25) is 4.79 Å². The Morgan fingerprint density at radius 1 is 1.20 bits per heavy atom. The minimum absolute atomic E-state index is 0. The summed E-state index contributed by atoms with van der Waals surface area (Å²) in [6.07, 6.45) is 0. The van der Waals surface area contributed by atoms with E-state index in [1.54, 1.807) is 0 Å². The molecule has 0 saturated carbocycles. The molecule has 20 heavy (non-hydrogen) atoms. The Morgan fingerprint density at radius 2 is 1.90 bits per heavy atom. The van der Waals surface area contributed by atoms with Gasteiger partial charge in [-0.05, 0) is 23.5 Å². The summed E-state index contributed by atoms with van der Waals surface area (Å²) in [5.41, 5.74) is 1.24. The van der Waals surface area contributed by atoms with E-state index in [-0.39, 0.29) is 18.3 Å². The van der Waals surface area contributed by atoms with E-state index in [4.69, 9.17) is 0 Å². The maximum atomic E-state index is 12.7. The number of hydrogen-bond acceptors (Lipinski definition) is 3. The molecule has 0 radical (unpaired) electrons. The summed E-state index contributed by atoms with van der Waals surface area (Å²) in [4.78, 5) is 16.1. The van der Waals surface area contributed by atoms with Crippen molar-refractivity contribution in [3.8, 4) is 0 Å². The number of nitrogens with zero attached hydrogens (tertiary/aromatic N) is 1. The number of thioether (sulfide) groups is 1. The van der Waals surface area contributed by atoms with Crippen molar-refractivity contribution in [2.75, 3.05) is 31.9 Å². The number of rotatable bonds is 1. The lowest BCUT2D eigenvalue weighted by Crippen LogP contribution is -2.35. The molecule has 3 atom stereocenters. The van der Waals surface area contributed by atoms with Gasteiger partial charge in [0.1, 0.15) is 0 Å². The van der Waals surface area contributed by atoms with Crippen LogP contribution in [0.3, 0.4) is 0 Å². The van der Waals surface area contributed by atoms with Crippen LogP contribution in [0.4, 0.5) is 0 Å². The molecule has 1 unspecified atom stereocenters. The van der Waals surface area contributed by atoms with Crippen molar-refractivity contribution in [1.29, 1.82) is 0 Å². The van der Waals surface area contributed by atoms with Crippen LogP contribution < -0.4 is 5.32 Å². The minimum atomic E-state index is 0. The zero-order valence-electron chi connectivity index (χ0n) is 11.2. The Bertz CT molecular complexity index is 512. The second-order valence-corrected chi connectivity index (χ2v) is 6.88. The van der Waals surface area contributed by atoms with E-state index < -0.39 is 0 Å². The van der Waals surface area contributed by atoms with Crippen molar-refractivity contribution in [1.82, 2.24) is 10.2 Å². The highest BCUT2D eigenvalue weighted by atomic mass is 35.5. The second-order valence-electron chi connectivity index (χ2n) is 5.82. The van der Waals surface area contributed by atoms with E-state index in [2.05, 4.69) is 28.4 Å². The molecule has 0 aliphatic carbocycles. The molecular formula is C15H19ClN2OS. The number of carbonyl (C=O) groups excluding carboxylic acids is 1. The van der Waals surface area contributed by atoms with Gasteiger partial charge in [0.05, 0.1) is 5.92 Å². The molecule has 3 aliphatic heterocycles. The summed E-state index contributed by atoms with van der Waals surface area (Å²) in [6, 6.07) is 8.37. The van der Waals surface area contributed by atoms with Gasteiger partial charge < -0.3 is 10.2 Å². The number of likely N-dealkylation sites (tertiary alicyclic amines) is 1. The van der Waals surface area contributed by atoms with Crippen LogP contribution in [0.15, 0.2) is 29.2 Å². The Balaban J connectivity index is 0.00000121. The summed E-state index contributed by atoms with van der Waals surface area (Å²) in [5.74, 6) is 2.74. The quantitative estimate of drug-likeness (QED) is 0.861. The van der Waals surface area contributed by atoms with E-state index in [9.17, 15) is 4.79 Å². The molecule has 1 N–H and O–H groups in total. The van der Waals surface area contributed by atoms with Crippen LogP contribution in [-0.4, -0.2) is 42.7 Å². The van der Waals surface area contributed by atoms with Crippen molar-refractivity contribution in [2.24, 2.45) is 11.8 Å². The van der Waals surface area contributed by atoms with Gasteiger partial charge in [-0.25, -0.2) is 0 Å². The lowest BCUT2D eigenvalue weighted by atomic mass is 10.00. The summed E-state index contributed by atoms with van der Waals surface area (Å²) < 4.78 is 0. The highest BCUT2D eigenvalue weighted by Gasteiger charge is 2.41. The number of fused-ring (bicyclic) bond motifs is 2. The number of carbonyl (C=O) groups is 1. The molecule has 0 aromatic heterocycles. The number of nitrogens with one attached hydrogen (secondary N) is 1. The maximum absolute atomic E-state index is 12.7. The lowest BCUT2D eigenvalue weighted by Gasteiger charge is -2.21. The van der Waals surface area contributed by atoms with Gasteiger partial charge in [0.2, 0.25) is 5.91 Å². The fourth-order valence-electron chi connectivity index (χ4n) is 3.62. The highest BCUT2D eigenvalue weighted by Crippen LogP contribution is 2.41. The van der Waals surface area contributed by atoms with Crippen LogP contribution in [0.5, 0.6) is 0 Å². The first-order valence-electron chi connectivity index (χ1n) is 7.04. The number of amides is 1. The summed E-state index contributed by atoms with van der Waals surface area (Å²) in [6.45, 7) is 4.09. The third-order valence-electron chi connectivity index (χ3n) is 4.70. The Labute approximate surface area is 129 Å². The molecule has 1 aromatic carbocycles. The van der Waals surface area contributed by atoms with Crippen molar-refractivity contribution in [3.63, 3.8) is 0 Å². The van der Waals surface area contributed by atoms with E-state index in [1.807, 2.05) is 17.8 Å². The monoisotopic (exact) mass is 310 g/mol. The lowest BCUT2D eigenvalue weighted by molar-refractivity contribution is -0.131. The Morgan fingerprint density at radius 3 is 2.65 bits per heavy atom. The molecule has 3 aliphatic rings. The van der Waals surface area contributed by atoms with Crippen molar-refractivity contribution in [2.45, 2.75) is 10.8 Å². The maximum Gasteiger partial charge on any atom is 0.231 e. The van der Waals surface area contributed by atoms with Crippen molar-refractivity contribution < 1.29 is 4.79 Å². The molecule has 1 aromatic rings. The van der Waals surface area contributed by atoms with E-state index in [1.165, 1.54) is 10.5 Å². The molecule has 3 nitrogen and oxygen atoms in total. The van der Waals surface area contributed by atoms with E-state index >= 15 is 0 Å². The SMILES string of the molecule is Cl.O=C(C1CSc2ccccc21)N1C[C@H]2CNC[C@H]2C1. The normalized spacial score (nSPS) is 30.8. The van der Waals surface area contributed by atoms with Gasteiger partial charge >= 0.3 is 0 Å². The molecule has 108 valence electrons. The second kappa shape index (κ2) is 5.58. The highest BCUT2D eigenvalue weighted by molar-refractivity contribution is 7.99. The Kier molecular flexibility index (Phi) is 3.98. The van der Waals surface area contributed by atoms with Crippen LogP contribution in [0.25, 0.3) is 0 Å². The Hall–Kier alpha value is -0.710. The van der Waals surface area contributed by atoms with Gasteiger partial charge in [0, 0.05) is 36.8 Å². The zero-order valence-corrected chi connectivity index (χ0v) is 12.9. The van der Waals surface area contributed by atoms with Crippen LogP contribution in [0, 0.1) is 11.8 Å². The van der Waals surface area contributed by atoms with E-state index in [0.717, 1.165) is 31.9 Å². The van der Waals surface area contributed by atoms with Crippen LogP contribution in [0.1, 0.15) is 11.5 Å². The average molecular weight is 311 g/mol. The van der Waals surface area contributed by atoms with Crippen LogP contribution in [-0.2, 0) is 4.79 Å². The molecule has 2 saturated heterocycles. The topological polar surface area (TPSA) is 32.3 Å². The predicted octanol–water partition coefficient (Wildman–Crippen LogP) is 1.98. The third-order valence-corrected chi connectivity index (χ3v) is 5.88. The molecule has 2 fully saturated rings. The number of hydrogen-bond donors (Lipinski definition) is 1.